The van der Waals surface area contributed by atoms with Crippen molar-refractivity contribution in [3.05, 3.63) is 0 Å². The van der Waals surface area contributed by atoms with Gasteiger partial charge in [-0.1, -0.05) is 6.92 Å². The molecule has 0 bridgehead atoms. The largest absolute Gasteiger partial charge is 0.317 e. The predicted molar refractivity (Wildman–Crippen MR) is 46.6 cm³/mol. The Morgan fingerprint density at radius 3 is 2.45 bits per heavy atom. The van der Waals surface area contributed by atoms with Gasteiger partial charge in [0.15, 0.2) is 0 Å². The highest BCUT2D eigenvalue weighted by Gasteiger charge is 2.40. The lowest BCUT2D eigenvalue weighted by Crippen LogP contribution is -2.40. The molecular formula is C9H18N2. The van der Waals surface area contributed by atoms with E-state index in [0.717, 1.165) is 5.92 Å². The van der Waals surface area contributed by atoms with Crippen LogP contribution in [0.4, 0.5) is 0 Å². The minimum atomic E-state index is 0.658. The van der Waals surface area contributed by atoms with E-state index in [2.05, 4.69) is 17.6 Å². The van der Waals surface area contributed by atoms with Crippen LogP contribution in [-0.4, -0.2) is 26.2 Å². The molecule has 2 heteroatoms. The molecule has 0 radical (unpaired) electrons. The summed E-state index contributed by atoms with van der Waals surface area (Å²) in [5.41, 5.74) is 0.658. The summed E-state index contributed by atoms with van der Waals surface area (Å²) in [5, 5.41) is 6.93. The number of hydrogen-bond donors (Lipinski definition) is 2. The van der Waals surface area contributed by atoms with E-state index in [0.29, 0.717) is 5.41 Å². The topological polar surface area (TPSA) is 24.1 Å². The molecule has 0 unspecified atom stereocenters. The van der Waals surface area contributed by atoms with E-state index >= 15 is 0 Å². The van der Waals surface area contributed by atoms with Crippen molar-refractivity contribution in [1.82, 2.24) is 10.6 Å². The first-order valence-corrected chi connectivity index (χ1v) is 4.75. The van der Waals surface area contributed by atoms with Crippen molar-refractivity contribution in [2.24, 2.45) is 11.3 Å². The second-order valence-corrected chi connectivity index (χ2v) is 4.14. The zero-order valence-corrected chi connectivity index (χ0v) is 7.32. The molecule has 2 aliphatic rings. The first kappa shape index (κ1) is 7.56. The fourth-order valence-corrected chi connectivity index (χ4v) is 2.52. The first-order chi connectivity index (χ1) is 5.33. The maximum Gasteiger partial charge on any atom is 0.00119 e. The highest BCUT2D eigenvalue weighted by Crippen LogP contribution is 2.39. The van der Waals surface area contributed by atoms with Crippen molar-refractivity contribution >= 4 is 0 Å². The molecule has 0 aromatic rings. The molecule has 2 rings (SSSR count). The van der Waals surface area contributed by atoms with Crippen molar-refractivity contribution in [3.8, 4) is 0 Å². The summed E-state index contributed by atoms with van der Waals surface area (Å²) >= 11 is 0. The average Bonchev–Trinajstić information content (AvgIpc) is 2.36. The van der Waals surface area contributed by atoms with Gasteiger partial charge in [-0.2, -0.15) is 0 Å². The van der Waals surface area contributed by atoms with Crippen LogP contribution in [0.15, 0.2) is 0 Å². The van der Waals surface area contributed by atoms with Crippen molar-refractivity contribution in [1.29, 1.82) is 0 Å². The van der Waals surface area contributed by atoms with E-state index in [1.807, 2.05) is 0 Å². The van der Waals surface area contributed by atoms with E-state index in [-0.39, 0.29) is 0 Å². The summed E-state index contributed by atoms with van der Waals surface area (Å²) in [6.07, 6.45) is 2.75. The van der Waals surface area contributed by atoms with Crippen molar-refractivity contribution in [2.45, 2.75) is 19.8 Å². The lowest BCUT2D eigenvalue weighted by molar-refractivity contribution is 0.170. The Balaban J connectivity index is 2.06. The van der Waals surface area contributed by atoms with Gasteiger partial charge in [-0.05, 0) is 43.8 Å². The Morgan fingerprint density at radius 2 is 1.91 bits per heavy atom. The lowest BCUT2D eigenvalue weighted by Gasteiger charge is -2.36. The van der Waals surface area contributed by atoms with Gasteiger partial charge >= 0.3 is 0 Å². The van der Waals surface area contributed by atoms with Gasteiger partial charge in [-0.3, -0.25) is 0 Å². The molecule has 0 amide bonds. The molecule has 2 N–H and O–H groups in total. The summed E-state index contributed by atoms with van der Waals surface area (Å²) in [6, 6.07) is 0. The molecule has 2 nitrogen and oxygen atoms in total. The quantitative estimate of drug-likeness (QED) is 0.534. The minimum absolute atomic E-state index is 0.658. The zero-order valence-electron chi connectivity index (χ0n) is 7.32. The van der Waals surface area contributed by atoms with Gasteiger partial charge in [0.05, 0.1) is 0 Å². The molecule has 0 aliphatic carbocycles. The van der Waals surface area contributed by atoms with Gasteiger partial charge in [-0.15, -0.1) is 0 Å². The van der Waals surface area contributed by atoms with Crippen LogP contribution < -0.4 is 10.6 Å². The van der Waals surface area contributed by atoms with Crippen LogP contribution in [0, 0.1) is 11.3 Å². The summed E-state index contributed by atoms with van der Waals surface area (Å²) in [7, 11) is 0. The molecule has 0 saturated carbocycles. The number of piperidine rings is 1. The van der Waals surface area contributed by atoms with E-state index in [9.17, 15) is 0 Å². The molecule has 0 aromatic carbocycles. The Kier molecular flexibility index (Phi) is 1.90. The van der Waals surface area contributed by atoms with Crippen LogP contribution in [-0.2, 0) is 0 Å². The molecule has 2 aliphatic heterocycles. The molecule has 2 saturated heterocycles. The molecule has 1 spiro atoms. The van der Waals surface area contributed by atoms with E-state index in [1.165, 1.54) is 39.0 Å². The standard InChI is InChI=1S/C9H18N2/c1-8-6-11-7-9(8)2-4-10-5-3-9/h8,10-11H,2-7H2,1H3/t8-/m1/s1. The van der Waals surface area contributed by atoms with Gasteiger partial charge < -0.3 is 10.6 Å². The fourth-order valence-electron chi connectivity index (χ4n) is 2.52. The maximum atomic E-state index is 3.50. The second kappa shape index (κ2) is 2.76. The molecule has 1 atom stereocenters. The first-order valence-electron chi connectivity index (χ1n) is 4.75. The Bertz CT molecular complexity index is 138. The van der Waals surface area contributed by atoms with Crippen LogP contribution in [0.2, 0.25) is 0 Å². The van der Waals surface area contributed by atoms with Crippen LogP contribution in [0.3, 0.4) is 0 Å². The van der Waals surface area contributed by atoms with Gasteiger partial charge in [0, 0.05) is 6.54 Å². The van der Waals surface area contributed by atoms with E-state index in [1.54, 1.807) is 0 Å². The van der Waals surface area contributed by atoms with Gasteiger partial charge in [0.25, 0.3) is 0 Å². The molecule has 11 heavy (non-hydrogen) atoms. The zero-order chi connectivity index (χ0) is 7.73. The lowest BCUT2D eigenvalue weighted by atomic mass is 9.72. The van der Waals surface area contributed by atoms with Crippen molar-refractivity contribution < 1.29 is 0 Å². The number of rotatable bonds is 0. The predicted octanol–water partition coefficient (Wildman–Crippen LogP) is 0.595. The monoisotopic (exact) mass is 154 g/mol. The van der Waals surface area contributed by atoms with Crippen LogP contribution in [0.1, 0.15) is 19.8 Å². The van der Waals surface area contributed by atoms with Crippen molar-refractivity contribution in [3.63, 3.8) is 0 Å². The summed E-state index contributed by atoms with van der Waals surface area (Å²) in [5.74, 6) is 0.893. The summed E-state index contributed by atoms with van der Waals surface area (Å²) in [6.45, 7) is 7.35. The minimum Gasteiger partial charge on any atom is -0.317 e. The van der Waals surface area contributed by atoms with Gasteiger partial charge in [0.2, 0.25) is 0 Å². The third kappa shape index (κ3) is 1.18. The molecule has 2 fully saturated rings. The Labute approximate surface area is 68.7 Å². The fraction of sp³-hybridized carbons (Fsp3) is 1.00. The van der Waals surface area contributed by atoms with E-state index in [4.69, 9.17) is 0 Å². The highest BCUT2D eigenvalue weighted by molar-refractivity contribution is 4.95. The van der Waals surface area contributed by atoms with Crippen molar-refractivity contribution in [2.75, 3.05) is 26.2 Å². The van der Waals surface area contributed by atoms with Crippen LogP contribution in [0.5, 0.6) is 0 Å². The average molecular weight is 154 g/mol. The highest BCUT2D eigenvalue weighted by atomic mass is 15.0. The Morgan fingerprint density at radius 1 is 1.18 bits per heavy atom. The third-order valence-electron chi connectivity index (χ3n) is 3.57. The number of nitrogens with one attached hydrogen (secondary N) is 2. The van der Waals surface area contributed by atoms with Gasteiger partial charge in [-0.25, -0.2) is 0 Å². The Hall–Kier alpha value is -0.0800. The second-order valence-electron chi connectivity index (χ2n) is 4.14. The van der Waals surface area contributed by atoms with Gasteiger partial charge in [0.1, 0.15) is 0 Å². The molecule has 0 aromatic heterocycles. The smallest absolute Gasteiger partial charge is 0.00119 e. The van der Waals surface area contributed by atoms with E-state index < -0.39 is 0 Å². The number of hydrogen-bond acceptors (Lipinski definition) is 2. The molecular weight excluding hydrogens is 136 g/mol. The SMILES string of the molecule is C[C@@H]1CNCC12CCNCC2. The van der Waals surface area contributed by atoms with Crippen LogP contribution in [0.25, 0.3) is 0 Å². The summed E-state index contributed by atoms with van der Waals surface area (Å²) < 4.78 is 0. The molecule has 2 heterocycles. The van der Waals surface area contributed by atoms with Crippen LogP contribution >= 0.6 is 0 Å². The molecule has 64 valence electrons. The summed E-state index contributed by atoms with van der Waals surface area (Å²) in [4.78, 5) is 0. The maximum absolute atomic E-state index is 3.50. The third-order valence-corrected chi connectivity index (χ3v) is 3.57. The normalized spacial score (nSPS) is 36.3.